The molecular formula is C21H23BrN2O5. The highest BCUT2D eigenvalue weighted by atomic mass is 79.9. The largest absolute Gasteiger partial charge is 0.491 e. The number of carbonyl (C=O) groups is 2. The number of halogens is 1. The predicted molar refractivity (Wildman–Crippen MR) is 111 cm³/mol. The fraction of sp³-hybridized carbons (Fsp3) is 0.333. The molecule has 7 nitrogen and oxygen atoms in total. The number of aryl methyl sites for hydroxylation is 1. The van der Waals surface area contributed by atoms with Crippen molar-refractivity contribution in [1.82, 2.24) is 10.9 Å². The van der Waals surface area contributed by atoms with Gasteiger partial charge in [-0.25, -0.2) is 0 Å². The van der Waals surface area contributed by atoms with E-state index in [0.717, 1.165) is 29.5 Å². The highest BCUT2D eigenvalue weighted by Crippen LogP contribution is 2.21. The number of ether oxygens (including phenoxy) is 3. The quantitative estimate of drug-likeness (QED) is 0.617. The van der Waals surface area contributed by atoms with Crippen LogP contribution in [-0.4, -0.2) is 37.7 Å². The average Bonchev–Trinajstić information content (AvgIpc) is 3.25. The van der Waals surface area contributed by atoms with Crippen LogP contribution < -0.4 is 20.3 Å². The van der Waals surface area contributed by atoms with Crippen LogP contribution in [0.3, 0.4) is 0 Å². The van der Waals surface area contributed by atoms with Gasteiger partial charge in [-0.2, -0.15) is 0 Å². The number of hydrogen-bond donors (Lipinski definition) is 2. The number of rotatable bonds is 7. The zero-order valence-corrected chi connectivity index (χ0v) is 17.7. The Kier molecular flexibility index (Phi) is 7.48. The van der Waals surface area contributed by atoms with Crippen molar-refractivity contribution in [1.29, 1.82) is 0 Å². The summed E-state index contributed by atoms with van der Waals surface area (Å²) in [4.78, 5) is 24.0. The summed E-state index contributed by atoms with van der Waals surface area (Å²) in [6.07, 6.45) is 2.20. The first-order valence-corrected chi connectivity index (χ1v) is 10.1. The van der Waals surface area contributed by atoms with Gasteiger partial charge < -0.3 is 14.2 Å². The Hall–Kier alpha value is -2.58. The summed E-state index contributed by atoms with van der Waals surface area (Å²) in [5.74, 6) is 0.351. The van der Waals surface area contributed by atoms with E-state index < -0.39 is 11.8 Å². The van der Waals surface area contributed by atoms with E-state index in [9.17, 15) is 9.59 Å². The molecule has 2 N–H and O–H groups in total. The SMILES string of the molecule is Cc1cc(OCC(=O)NNC(=O)c2ccc(OCC3CCCO3)cc2)ccc1Br. The molecule has 1 aliphatic heterocycles. The van der Waals surface area contributed by atoms with E-state index in [-0.39, 0.29) is 12.7 Å². The lowest BCUT2D eigenvalue weighted by Crippen LogP contribution is -2.43. The first-order valence-electron chi connectivity index (χ1n) is 9.34. The van der Waals surface area contributed by atoms with Gasteiger partial charge in [-0.15, -0.1) is 0 Å². The van der Waals surface area contributed by atoms with Crippen LogP contribution in [0.2, 0.25) is 0 Å². The molecule has 2 aromatic carbocycles. The maximum Gasteiger partial charge on any atom is 0.276 e. The predicted octanol–water partition coefficient (Wildman–Crippen LogP) is 3.16. The highest BCUT2D eigenvalue weighted by Gasteiger charge is 2.16. The third-order valence-electron chi connectivity index (χ3n) is 4.39. The summed E-state index contributed by atoms with van der Waals surface area (Å²) in [6, 6.07) is 12.1. The van der Waals surface area contributed by atoms with Crippen LogP contribution in [0.1, 0.15) is 28.8 Å². The Balaban J connectivity index is 1.39. The number of amides is 2. The summed E-state index contributed by atoms with van der Waals surface area (Å²) >= 11 is 3.40. The minimum atomic E-state index is -0.463. The van der Waals surface area contributed by atoms with Crippen molar-refractivity contribution in [3.8, 4) is 11.5 Å². The zero-order valence-electron chi connectivity index (χ0n) is 16.1. The van der Waals surface area contributed by atoms with Gasteiger partial charge in [0.25, 0.3) is 11.8 Å². The van der Waals surface area contributed by atoms with Crippen LogP contribution >= 0.6 is 15.9 Å². The van der Waals surface area contributed by atoms with Crippen molar-refractivity contribution in [2.45, 2.75) is 25.9 Å². The molecule has 0 radical (unpaired) electrons. The van der Waals surface area contributed by atoms with Gasteiger partial charge in [0, 0.05) is 16.6 Å². The molecular weight excluding hydrogens is 440 g/mol. The maximum atomic E-state index is 12.2. The number of hydrogen-bond acceptors (Lipinski definition) is 5. The molecule has 3 rings (SSSR count). The molecule has 29 heavy (non-hydrogen) atoms. The minimum absolute atomic E-state index is 0.136. The molecule has 1 unspecified atom stereocenters. The summed E-state index contributed by atoms with van der Waals surface area (Å²) in [6.45, 7) is 3.00. The van der Waals surface area contributed by atoms with Gasteiger partial charge in [0.15, 0.2) is 6.61 Å². The third-order valence-corrected chi connectivity index (χ3v) is 5.28. The highest BCUT2D eigenvalue weighted by molar-refractivity contribution is 9.10. The van der Waals surface area contributed by atoms with E-state index in [1.807, 2.05) is 19.1 Å². The molecule has 0 spiro atoms. The Morgan fingerprint density at radius 2 is 1.86 bits per heavy atom. The summed E-state index contributed by atoms with van der Waals surface area (Å²) in [7, 11) is 0. The first-order chi connectivity index (χ1) is 14.0. The number of nitrogens with one attached hydrogen (secondary N) is 2. The lowest BCUT2D eigenvalue weighted by atomic mass is 10.2. The third kappa shape index (κ3) is 6.47. The number of hydrazine groups is 1. The number of carbonyl (C=O) groups excluding carboxylic acids is 2. The van der Waals surface area contributed by atoms with Crippen molar-refractivity contribution < 1.29 is 23.8 Å². The van der Waals surface area contributed by atoms with Crippen LogP contribution in [0.15, 0.2) is 46.9 Å². The van der Waals surface area contributed by atoms with Crippen molar-refractivity contribution in [2.75, 3.05) is 19.8 Å². The smallest absolute Gasteiger partial charge is 0.276 e. The van der Waals surface area contributed by atoms with E-state index in [0.29, 0.717) is 23.7 Å². The Morgan fingerprint density at radius 3 is 2.55 bits per heavy atom. The Morgan fingerprint density at radius 1 is 1.10 bits per heavy atom. The molecule has 2 amide bonds. The normalized spacial score (nSPS) is 15.6. The van der Waals surface area contributed by atoms with E-state index in [2.05, 4.69) is 26.8 Å². The topological polar surface area (TPSA) is 85.9 Å². The molecule has 8 heteroatoms. The standard InChI is InChI=1S/C21H23BrN2O5/c1-14-11-17(8-9-19(14)22)29-13-20(25)23-24-21(26)15-4-6-16(7-5-15)28-12-18-3-2-10-27-18/h4-9,11,18H,2-3,10,12-13H2,1H3,(H,23,25)(H,24,26). The second kappa shape index (κ2) is 10.3. The lowest BCUT2D eigenvalue weighted by Gasteiger charge is -2.12. The van der Waals surface area contributed by atoms with Gasteiger partial charge in [-0.3, -0.25) is 20.4 Å². The van der Waals surface area contributed by atoms with Gasteiger partial charge in [-0.05, 0) is 67.8 Å². The minimum Gasteiger partial charge on any atom is -0.491 e. The summed E-state index contributed by atoms with van der Waals surface area (Å²) in [5, 5.41) is 0. The monoisotopic (exact) mass is 462 g/mol. The van der Waals surface area contributed by atoms with E-state index in [1.165, 1.54) is 0 Å². The molecule has 1 heterocycles. The maximum absolute atomic E-state index is 12.2. The van der Waals surface area contributed by atoms with Crippen molar-refractivity contribution in [3.63, 3.8) is 0 Å². The van der Waals surface area contributed by atoms with Crippen LogP contribution in [0.25, 0.3) is 0 Å². The fourth-order valence-electron chi connectivity index (χ4n) is 2.76. The summed E-state index contributed by atoms with van der Waals surface area (Å²) in [5.41, 5.74) is 6.10. The van der Waals surface area contributed by atoms with E-state index in [4.69, 9.17) is 14.2 Å². The Bertz CT molecular complexity index is 851. The zero-order chi connectivity index (χ0) is 20.6. The molecule has 1 saturated heterocycles. The van der Waals surface area contributed by atoms with Crippen molar-refractivity contribution >= 4 is 27.7 Å². The molecule has 154 valence electrons. The summed E-state index contributed by atoms with van der Waals surface area (Å²) < 4.78 is 17.6. The average molecular weight is 463 g/mol. The van der Waals surface area contributed by atoms with Crippen LogP contribution in [0.5, 0.6) is 11.5 Å². The van der Waals surface area contributed by atoms with Crippen LogP contribution in [0, 0.1) is 6.92 Å². The van der Waals surface area contributed by atoms with E-state index >= 15 is 0 Å². The molecule has 0 bridgehead atoms. The molecule has 1 aliphatic rings. The molecule has 1 fully saturated rings. The molecule has 2 aromatic rings. The molecule has 0 saturated carbocycles. The van der Waals surface area contributed by atoms with Crippen LogP contribution in [0.4, 0.5) is 0 Å². The van der Waals surface area contributed by atoms with Gasteiger partial charge in [-0.1, -0.05) is 15.9 Å². The molecule has 1 atom stereocenters. The van der Waals surface area contributed by atoms with Crippen LogP contribution in [-0.2, 0) is 9.53 Å². The van der Waals surface area contributed by atoms with Gasteiger partial charge >= 0.3 is 0 Å². The lowest BCUT2D eigenvalue weighted by molar-refractivity contribution is -0.123. The molecule has 0 aromatic heterocycles. The van der Waals surface area contributed by atoms with Gasteiger partial charge in [0.05, 0.1) is 6.10 Å². The van der Waals surface area contributed by atoms with E-state index in [1.54, 1.807) is 30.3 Å². The first kappa shape index (κ1) is 21.1. The fourth-order valence-corrected chi connectivity index (χ4v) is 3.00. The second-order valence-corrected chi connectivity index (χ2v) is 7.53. The van der Waals surface area contributed by atoms with Gasteiger partial charge in [0.1, 0.15) is 18.1 Å². The second-order valence-electron chi connectivity index (χ2n) is 6.67. The van der Waals surface area contributed by atoms with Gasteiger partial charge in [0.2, 0.25) is 0 Å². The molecule has 0 aliphatic carbocycles. The Labute approximate surface area is 177 Å². The van der Waals surface area contributed by atoms with Crippen molar-refractivity contribution in [2.24, 2.45) is 0 Å². The number of benzene rings is 2. The van der Waals surface area contributed by atoms with Crippen molar-refractivity contribution in [3.05, 3.63) is 58.1 Å².